The monoisotopic (exact) mass is 522 g/mol. The van der Waals surface area contributed by atoms with Crippen LogP contribution >= 0.6 is 0 Å². The zero-order chi connectivity index (χ0) is 20.4. The molecule has 0 saturated carbocycles. The zero-order valence-electron chi connectivity index (χ0n) is 15.3. The molecular formula is C15H18Cl4N4O8. The Balaban J connectivity index is 0. The fourth-order valence-electron chi connectivity index (χ4n) is 2.77. The minimum atomic E-state index is -1.08. The summed E-state index contributed by atoms with van der Waals surface area (Å²) in [6.07, 6.45) is 0. The van der Waals surface area contributed by atoms with E-state index in [0.29, 0.717) is 0 Å². The lowest BCUT2D eigenvalue weighted by atomic mass is 10.0. The lowest BCUT2D eigenvalue weighted by Gasteiger charge is -2.11. The van der Waals surface area contributed by atoms with Crippen molar-refractivity contribution in [1.29, 1.82) is 0 Å². The quantitative estimate of drug-likeness (QED) is 0.136. The third-order valence-corrected chi connectivity index (χ3v) is 4.31. The fraction of sp³-hybridized carbons (Fsp3) is 0. The van der Waals surface area contributed by atoms with Crippen LogP contribution in [0.15, 0.2) is 9.21 Å². The minimum Gasteiger partial charge on any atom is -1.00 e. The van der Waals surface area contributed by atoms with Crippen molar-refractivity contribution in [3.8, 4) is 45.8 Å². The van der Waals surface area contributed by atoms with E-state index < -0.39 is 51.1 Å². The fourth-order valence-corrected chi connectivity index (χ4v) is 2.77. The summed E-state index contributed by atoms with van der Waals surface area (Å²) in [5.74, 6) is -5.29. The summed E-state index contributed by atoms with van der Waals surface area (Å²) in [6, 6.07) is 0. The Morgan fingerprint density at radius 2 is 1.00 bits per heavy atom. The van der Waals surface area contributed by atoms with Gasteiger partial charge in [-0.25, -0.2) is 0 Å². The van der Waals surface area contributed by atoms with Crippen molar-refractivity contribution >= 4 is 33.7 Å². The average Bonchev–Trinajstić information content (AvgIpc) is 2.64. The van der Waals surface area contributed by atoms with Gasteiger partial charge in [-0.15, -0.1) is 0 Å². The summed E-state index contributed by atoms with van der Waals surface area (Å²) >= 11 is 0. The van der Waals surface area contributed by atoms with Crippen molar-refractivity contribution in [2.24, 2.45) is 0 Å². The van der Waals surface area contributed by atoms with Crippen molar-refractivity contribution in [3.63, 3.8) is 0 Å². The molecule has 16 heteroatoms. The number of aromatic hydroxyl groups is 6. The number of hydrogen-bond acceptors (Lipinski definition) is 8. The van der Waals surface area contributed by atoms with E-state index in [-0.39, 0.29) is 83.5 Å². The van der Waals surface area contributed by atoms with Gasteiger partial charge in [0, 0.05) is 0 Å². The van der Waals surface area contributed by atoms with Crippen LogP contribution in [-0.4, -0.2) is 30.6 Å². The summed E-state index contributed by atoms with van der Waals surface area (Å²) < 4.78 is 5.47. The van der Waals surface area contributed by atoms with Crippen molar-refractivity contribution in [2.45, 2.75) is 0 Å². The number of quaternary nitrogens is 4. The van der Waals surface area contributed by atoms with Crippen LogP contribution < -0.4 is 78.0 Å². The van der Waals surface area contributed by atoms with Crippen molar-refractivity contribution in [3.05, 3.63) is 10.2 Å². The molecule has 31 heavy (non-hydrogen) atoms. The van der Waals surface area contributed by atoms with Crippen LogP contribution in [0.25, 0.3) is 22.3 Å². The molecule has 18 N–H and O–H groups in total. The second-order valence-corrected chi connectivity index (χ2v) is 5.85. The van der Waals surface area contributed by atoms with E-state index in [1.54, 1.807) is 0 Å². The summed E-state index contributed by atoms with van der Waals surface area (Å²) in [4.78, 5) is 12.6. The number of rotatable bonds is 1. The second-order valence-electron chi connectivity index (χ2n) is 5.85. The predicted octanol–water partition coefficient (Wildman–Crippen LogP) is -14.8. The Hall–Kier alpha value is -2.55. The molecular weight excluding hydrogens is 506 g/mol. The smallest absolute Gasteiger partial charge is 0.247 e. The molecule has 3 rings (SSSR count). The first-order chi connectivity index (χ1) is 12.5. The molecule has 1 heterocycles. The topological polar surface area (TPSA) is 262 Å². The molecule has 0 unspecified atom stereocenters. The van der Waals surface area contributed by atoms with E-state index in [2.05, 4.69) is 22.9 Å². The Labute approximate surface area is 197 Å². The van der Waals surface area contributed by atoms with Crippen LogP contribution in [0.2, 0.25) is 0 Å². The molecule has 1 aromatic heterocycles. The lowest BCUT2D eigenvalue weighted by molar-refractivity contribution is -0.269. The molecule has 0 fully saturated rings. The third kappa shape index (κ3) is 4.15. The van der Waals surface area contributed by atoms with Gasteiger partial charge in [0.2, 0.25) is 51.1 Å². The molecule has 0 amide bonds. The first-order valence-electron chi connectivity index (χ1n) is 7.37. The molecule has 3 aromatic rings. The first kappa shape index (κ1) is 30.6. The molecule has 12 nitrogen and oxygen atoms in total. The average molecular weight is 524 g/mol. The molecule has 0 spiro atoms. The standard InChI is InChI=1S/C15H14N4O8.4ClH/c16-3-1(4(17)11(24)12(25)10(3)23)15-13(26)8(21)2-7(20)5(18)9(22)6(19)14(2)27-15;;;;/h20,22-26H,16-19H2;4*1H. The maximum absolute atomic E-state index is 12.6. The highest BCUT2D eigenvalue weighted by Gasteiger charge is 2.33. The highest BCUT2D eigenvalue weighted by molar-refractivity contribution is 6.00. The Morgan fingerprint density at radius 3 is 1.45 bits per heavy atom. The number of halogens is 4. The zero-order valence-corrected chi connectivity index (χ0v) is 18.4. The summed E-state index contributed by atoms with van der Waals surface area (Å²) in [6.45, 7) is 0. The first-order valence-corrected chi connectivity index (χ1v) is 7.37. The van der Waals surface area contributed by atoms with E-state index in [0.717, 1.165) is 0 Å². The molecule has 0 saturated heterocycles. The van der Waals surface area contributed by atoms with E-state index in [9.17, 15) is 35.4 Å². The van der Waals surface area contributed by atoms with E-state index in [1.165, 1.54) is 0 Å². The largest absolute Gasteiger partial charge is 1.00 e. The van der Waals surface area contributed by atoms with Gasteiger partial charge in [-0.3, -0.25) is 4.79 Å². The summed E-state index contributed by atoms with van der Waals surface area (Å²) in [5.41, 5.74) is 11.3. The van der Waals surface area contributed by atoms with Crippen LogP contribution in [0.3, 0.4) is 0 Å². The number of phenolic OH excluding ortho intramolecular Hbond substituents is 5. The van der Waals surface area contributed by atoms with Crippen LogP contribution in [0.5, 0.6) is 34.5 Å². The van der Waals surface area contributed by atoms with Gasteiger partial charge in [-0.1, -0.05) is 0 Å². The molecule has 2 aromatic carbocycles. The molecule has 0 radical (unpaired) electrons. The Bertz CT molecular complexity index is 1190. The SMILES string of the molecule is [Cl-].[Cl-].[Cl-].[Cl-].[NH3+]c1c(O)c(O)c(O)c([NH3+])c1-c1oc2c([NH3+])c(O)c([NH3+])c(O)c2c(=O)c1O. The number of fused-ring (bicyclic) bond motifs is 1. The number of benzene rings is 2. The van der Waals surface area contributed by atoms with E-state index >= 15 is 0 Å². The van der Waals surface area contributed by atoms with E-state index in [1.807, 2.05) is 0 Å². The number of hydrogen-bond donors (Lipinski definition) is 10. The van der Waals surface area contributed by atoms with Gasteiger partial charge in [0.1, 0.15) is 5.39 Å². The van der Waals surface area contributed by atoms with Crippen LogP contribution in [-0.2, 0) is 0 Å². The predicted molar refractivity (Wildman–Crippen MR) is 88.1 cm³/mol. The van der Waals surface area contributed by atoms with Crippen LogP contribution in [0.1, 0.15) is 0 Å². The molecule has 0 aliphatic heterocycles. The van der Waals surface area contributed by atoms with Crippen LogP contribution in [0.4, 0.5) is 22.7 Å². The second kappa shape index (κ2) is 10.2. The van der Waals surface area contributed by atoms with Gasteiger partial charge in [-0.05, 0) is 0 Å². The maximum Gasteiger partial charge on any atom is 0.247 e. The van der Waals surface area contributed by atoms with Gasteiger partial charge < -0.3 is 108 Å². The van der Waals surface area contributed by atoms with Gasteiger partial charge in [0.05, 0.1) is 0 Å². The highest BCUT2D eigenvalue weighted by Crippen LogP contribution is 2.51. The molecule has 174 valence electrons. The van der Waals surface area contributed by atoms with Gasteiger partial charge in [0.25, 0.3) is 0 Å². The Morgan fingerprint density at radius 1 is 0.548 bits per heavy atom. The van der Waals surface area contributed by atoms with Crippen LogP contribution in [0, 0.1) is 0 Å². The van der Waals surface area contributed by atoms with E-state index in [4.69, 9.17) is 4.42 Å². The summed E-state index contributed by atoms with van der Waals surface area (Å²) in [5, 5.41) is 59.4. The molecule has 0 bridgehead atoms. The lowest BCUT2D eigenvalue weighted by Crippen LogP contribution is -3.00. The van der Waals surface area contributed by atoms with Crippen molar-refractivity contribution in [1.82, 2.24) is 0 Å². The van der Waals surface area contributed by atoms with Gasteiger partial charge >= 0.3 is 0 Å². The normalized spacial score (nSPS) is 9.81. The highest BCUT2D eigenvalue weighted by atomic mass is 35.5. The number of phenols is 5. The summed E-state index contributed by atoms with van der Waals surface area (Å²) in [7, 11) is 0. The maximum atomic E-state index is 12.6. The third-order valence-electron chi connectivity index (χ3n) is 4.31. The molecule has 0 atom stereocenters. The van der Waals surface area contributed by atoms with Gasteiger partial charge in [-0.2, -0.15) is 0 Å². The van der Waals surface area contributed by atoms with Crippen molar-refractivity contribution < 1.29 is 108 Å². The Kier molecular flexibility index (Phi) is 10.1. The van der Waals surface area contributed by atoms with Gasteiger partial charge in [0.15, 0.2) is 28.4 Å². The molecule has 0 aliphatic carbocycles. The molecule has 0 aliphatic rings. The van der Waals surface area contributed by atoms with Crippen molar-refractivity contribution in [2.75, 3.05) is 0 Å². The minimum absolute atomic E-state index is 0.